The number of para-hydroxylation sites is 2. The molecular formula is C22H27ClN2. The molecule has 2 aliphatic heterocycles. The Morgan fingerprint density at radius 3 is 2.32 bits per heavy atom. The number of rotatable bonds is 2. The van der Waals surface area contributed by atoms with Crippen LogP contribution in [-0.2, 0) is 0 Å². The molecule has 3 heteroatoms. The predicted molar refractivity (Wildman–Crippen MR) is 107 cm³/mol. The Bertz CT molecular complexity index is 711. The minimum Gasteiger partial charge on any atom is -0.337 e. The van der Waals surface area contributed by atoms with Crippen LogP contribution in [0.3, 0.4) is 0 Å². The highest BCUT2D eigenvalue weighted by Crippen LogP contribution is 2.48. The lowest BCUT2D eigenvalue weighted by Gasteiger charge is -2.41. The molecule has 2 aromatic carbocycles. The quantitative estimate of drug-likeness (QED) is 0.716. The third-order valence-corrected chi connectivity index (χ3v) is 6.41. The van der Waals surface area contributed by atoms with Crippen LogP contribution in [0.25, 0.3) is 0 Å². The summed E-state index contributed by atoms with van der Waals surface area (Å²) in [7, 11) is 0. The number of anilines is 2. The molecule has 2 aromatic rings. The molecule has 2 atom stereocenters. The van der Waals surface area contributed by atoms with Gasteiger partial charge in [0.25, 0.3) is 0 Å². The summed E-state index contributed by atoms with van der Waals surface area (Å²) in [4.78, 5) is 5.42. The molecule has 0 unspecified atom stereocenters. The van der Waals surface area contributed by atoms with Crippen LogP contribution in [0.15, 0.2) is 54.6 Å². The van der Waals surface area contributed by atoms with Crippen molar-refractivity contribution in [1.82, 2.24) is 4.90 Å². The van der Waals surface area contributed by atoms with Gasteiger partial charge in [-0.05, 0) is 43.0 Å². The normalized spacial score (nSPS) is 26.2. The minimum atomic E-state index is 0. The summed E-state index contributed by atoms with van der Waals surface area (Å²) >= 11 is 0. The van der Waals surface area contributed by atoms with Crippen LogP contribution in [0.4, 0.5) is 11.4 Å². The molecule has 1 saturated heterocycles. The molecule has 5 rings (SSSR count). The second kappa shape index (κ2) is 7.01. The third-order valence-electron chi connectivity index (χ3n) is 6.41. The van der Waals surface area contributed by atoms with Crippen LogP contribution >= 0.6 is 12.4 Å². The van der Waals surface area contributed by atoms with E-state index in [1.54, 1.807) is 5.56 Å². The van der Waals surface area contributed by atoms with Crippen LogP contribution in [-0.4, -0.2) is 30.1 Å². The lowest BCUT2D eigenvalue weighted by atomic mass is 9.88. The highest BCUT2D eigenvalue weighted by molar-refractivity contribution is 5.85. The minimum absolute atomic E-state index is 0. The SMILES string of the molecule is Cl.c1ccc(N2c3ccccc3[C@@H]3CN(C4CCCC4)CC[C@H]32)cc1. The van der Waals surface area contributed by atoms with Crippen molar-refractivity contribution in [2.24, 2.45) is 0 Å². The molecule has 1 saturated carbocycles. The number of likely N-dealkylation sites (tertiary alicyclic amines) is 1. The van der Waals surface area contributed by atoms with Gasteiger partial charge >= 0.3 is 0 Å². The molecule has 2 heterocycles. The second-order valence-electron chi connectivity index (χ2n) is 7.66. The van der Waals surface area contributed by atoms with Gasteiger partial charge in [0, 0.05) is 42.5 Å². The number of hydrogen-bond acceptors (Lipinski definition) is 2. The molecule has 0 aromatic heterocycles. The van der Waals surface area contributed by atoms with Crippen molar-refractivity contribution in [3.05, 3.63) is 60.2 Å². The van der Waals surface area contributed by atoms with Gasteiger partial charge in [-0.1, -0.05) is 49.2 Å². The predicted octanol–water partition coefficient (Wildman–Crippen LogP) is 5.36. The van der Waals surface area contributed by atoms with E-state index >= 15 is 0 Å². The Hall–Kier alpha value is -1.51. The van der Waals surface area contributed by atoms with Gasteiger partial charge in [-0.25, -0.2) is 0 Å². The smallest absolute Gasteiger partial charge is 0.0450 e. The van der Waals surface area contributed by atoms with E-state index in [0.717, 1.165) is 6.04 Å². The van der Waals surface area contributed by atoms with Crippen LogP contribution < -0.4 is 4.90 Å². The molecule has 132 valence electrons. The molecule has 0 spiro atoms. The van der Waals surface area contributed by atoms with E-state index in [1.807, 2.05) is 0 Å². The van der Waals surface area contributed by atoms with Gasteiger partial charge < -0.3 is 4.90 Å². The van der Waals surface area contributed by atoms with E-state index in [4.69, 9.17) is 0 Å². The van der Waals surface area contributed by atoms with E-state index in [2.05, 4.69) is 64.4 Å². The highest BCUT2D eigenvalue weighted by Gasteiger charge is 2.43. The Morgan fingerprint density at radius 1 is 0.800 bits per heavy atom. The van der Waals surface area contributed by atoms with Crippen molar-refractivity contribution in [3.63, 3.8) is 0 Å². The van der Waals surface area contributed by atoms with E-state index < -0.39 is 0 Å². The summed E-state index contributed by atoms with van der Waals surface area (Å²) in [5, 5.41) is 0. The summed E-state index contributed by atoms with van der Waals surface area (Å²) in [6.45, 7) is 2.51. The lowest BCUT2D eigenvalue weighted by Crippen LogP contribution is -2.48. The van der Waals surface area contributed by atoms with Crippen LogP contribution in [0.5, 0.6) is 0 Å². The number of hydrogen-bond donors (Lipinski definition) is 0. The molecule has 0 bridgehead atoms. The molecular weight excluding hydrogens is 328 g/mol. The van der Waals surface area contributed by atoms with Crippen LogP contribution in [0.2, 0.25) is 0 Å². The molecule has 0 radical (unpaired) electrons. The van der Waals surface area contributed by atoms with Crippen molar-refractivity contribution >= 4 is 23.8 Å². The topological polar surface area (TPSA) is 6.48 Å². The maximum atomic E-state index is 2.80. The van der Waals surface area contributed by atoms with Gasteiger partial charge in [0.2, 0.25) is 0 Å². The third kappa shape index (κ3) is 2.86. The molecule has 0 amide bonds. The number of fused-ring (bicyclic) bond motifs is 3. The van der Waals surface area contributed by atoms with Crippen molar-refractivity contribution in [2.75, 3.05) is 18.0 Å². The fraction of sp³-hybridized carbons (Fsp3) is 0.455. The Kier molecular flexibility index (Phi) is 4.75. The van der Waals surface area contributed by atoms with Gasteiger partial charge in [0.1, 0.15) is 0 Å². The molecule has 3 aliphatic rings. The second-order valence-corrected chi connectivity index (χ2v) is 7.66. The Labute approximate surface area is 157 Å². The number of nitrogens with zero attached hydrogens (tertiary/aromatic N) is 2. The van der Waals surface area contributed by atoms with E-state index in [9.17, 15) is 0 Å². The zero-order valence-electron chi connectivity index (χ0n) is 14.7. The van der Waals surface area contributed by atoms with Crippen molar-refractivity contribution in [3.8, 4) is 0 Å². The largest absolute Gasteiger partial charge is 0.337 e. The summed E-state index contributed by atoms with van der Waals surface area (Å²) in [6.07, 6.45) is 6.98. The maximum absolute atomic E-state index is 2.80. The van der Waals surface area contributed by atoms with Gasteiger partial charge in [0.05, 0.1) is 0 Å². The molecule has 25 heavy (non-hydrogen) atoms. The first-order valence-electron chi connectivity index (χ1n) is 9.59. The van der Waals surface area contributed by atoms with Gasteiger partial charge in [-0.3, -0.25) is 4.90 Å². The first-order valence-corrected chi connectivity index (χ1v) is 9.59. The van der Waals surface area contributed by atoms with Gasteiger partial charge in [0.15, 0.2) is 0 Å². The molecule has 1 aliphatic carbocycles. The first-order chi connectivity index (χ1) is 11.9. The number of benzene rings is 2. The Balaban J connectivity index is 0.00000157. The monoisotopic (exact) mass is 354 g/mol. The van der Waals surface area contributed by atoms with Crippen molar-refractivity contribution < 1.29 is 0 Å². The first kappa shape index (κ1) is 16.9. The average Bonchev–Trinajstić information content (AvgIpc) is 3.28. The number of piperidine rings is 1. The molecule has 2 nitrogen and oxygen atoms in total. The summed E-state index contributed by atoms with van der Waals surface area (Å²) in [6, 6.07) is 21.6. The highest BCUT2D eigenvalue weighted by atomic mass is 35.5. The molecule has 0 N–H and O–H groups in total. The van der Waals surface area contributed by atoms with E-state index in [-0.39, 0.29) is 12.4 Å². The fourth-order valence-electron chi connectivity index (χ4n) is 5.30. The Morgan fingerprint density at radius 2 is 1.52 bits per heavy atom. The van der Waals surface area contributed by atoms with Crippen LogP contribution in [0, 0.1) is 0 Å². The fourth-order valence-corrected chi connectivity index (χ4v) is 5.30. The number of halogens is 1. The zero-order valence-corrected chi connectivity index (χ0v) is 15.5. The molecule has 2 fully saturated rings. The summed E-state index contributed by atoms with van der Waals surface area (Å²) < 4.78 is 0. The van der Waals surface area contributed by atoms with E-state index in [1.165, 1.54) is 56.6 Å². The average molecular weight is 355 g/mol. The van der Waals surface area contributed by atoms with Gasteiger partial charge in [-0.2, -0.15) is 0 Å². The van der Waals surface area contributed by atoms with Crippen molar-refractivity contribution in [1.29, 1.82) is 0 Å². The van der Waals surface area contributed by atoms with Gasteiger partial charge in [-0.15, -0.1) is 12.4 Å². The summed E-state index contributed by atoms with van der Waals surface area (Å²) in [5.74, 6) is 0.663. The lowest BCUT2D eigenvalue weighted by molar-refractivity contribution is 0.142. The van der Waals surface area contributed by atoms with Crippen LogP contribution in [0.1, 0.15) is 43.6 Å². The van der Waals surface area contributed by atoms with Crippen molar-refractivity contribution in [2.45, 2.75) is 50.1 Å². The maximum Gasteiger partial charge on any atom is 0.0450 e. The summed E-state index contributed by atoms with van der Waals surface area (Å²) in [5.41, 5.74) is 4.35. The zero-order chi connectivity index (χ0) is 15.9. The van der Waals surface area contributed by atoms with E-state index in [0.29, 0.717) is 12.0 Å². The standard InChI is InChI=1S/C22H26N2.ClH/c1-2-10-18(11-3-1)24-21-13-7-6-12-19(21)20-16-23(15-14-22(20)24)17-8-4-5-9-17;/h1-3,6-7,10-13,17,20,22H,4-5,8-9,14-16H2;1H/t20-,22+;/m0./s1.